The van der Waals surface area contributed by atoms with Crippen molar-refractivity contribution < 1.29 is 15.0 Å². The molecule has 19 heavy (non-hydrogen) atoms. The van der Waals surface area contributed by atoms with E-state index in [1.807, 2.05) is 30.3 Å². The zero-order chi connectivity index (χ0) is 13.7. The van der Waals surface area contributed by atoms with Gasteiger partial charge in [-0.15, -0.1) is 0 Å². The predicted octanol–water partition coefficient (Wildman–Crippen LogP) is 3.08. The minimum Gasteiger partial charge on any atom is -0.508 e. The molecule has 0 radical (unpaired) electrons. The van der Waals surface area contributed by atoms with E-state index in [-0.39, 0.29) is 5.75 Å². The zero-order valence-electron chi connectivity index (χ0n) is 10.3. The van der Waals surface area contributed by atoms with Gasteiger partial charge in [0.15, 0.2) is 0 Å². The Hall–Kier alpha value is -2.55. The highest BCUT2D eigenvalue weighted by atomic mass is 16.4. The van der Waals surface area contributed by atoms with Gasteiger partial charge in [0.05, 0.1) is 0 Å². The van der Waals surface area contributed by atoms with Crippen molar-refractivity contribution >= 4 is 12.0 Å². The zero-order valence-corrected chi connectivity index (χ0v) is 10.3. The third-order valence-corrected chi connectivity index (χ3v) is 2.77. The lowest BCUT2D eigenvalue weighted by molar-refractivity contribution is -0.131. The highest BCUT2D eigenvalue weighted by Crippen LogP contribution is 2.21. The Morgan fingerprint density at radius 3 is 2.53 bits per heavy atom. The summed E-state index contributed by atoms with van der Waals surface area (Å²) in [5.41, 5.74) is 2.80. The van der Waals surface area contributed by atoms with E-state index in [0.29, 0.717) is 6.42 Å². The van der Waals surface area contributed by atoms with Crippen LogP contribution in [-0.2, 0) is 11.2 Å². The molecule has 0 aromatic heterocycles. The minimum atomic E-state index is -0.987. The van der Waals surface area contributed by atoms with Crippen LogP contribution in [0, 0.1) is 0 Å². The molecule has 2 rings (SSSR count). The van der Waals surface area contributed by atoms with Gasteiger partial charge >= 0.3 is 5.97 Å². The maximum atomic E-state index is 10.6. The predicted molar refractivity (Wildman–Crippen MR) is 74.0 cm³/mol. The maximum Gasteiger partial charge on any atom is 0.328 e. The number of phenolic OH excluding ortho intramolecular Hbond substituents is 1. The van der Waals surface area contributed by atoms with Crippen molar-refractivity contribution in [3.05, 3.63) is 71.3 Å². The SMILES string of the molecule is O=C(O)C=Cc1ccc(O)cc1Cc1ccccc1. The summed E-state index contributed by atoms with van der Waals surface area (Å²) < 4.78 is 0. The Labute approximate surface area is 111 Å². The average Bonchev–Trinajstić information content (AvgIpc) is 2.39. The molecule has 96 valence electrons. The monoisotopic (exact) mass is 254 g/mol. The number of aliphatic carboxylic acids is 1. The third kappa shape index (κ3) is 3.71. The molecule has 0 unspecified atom stereocenters. The summed E-state index contributed by atoms with van der Waals surface area (Å²) in [6.45, 7) is 0. The first-order chi connectivity index (χ1) is 9.15. The number of rotatable bonds is 4. The standard InChI is InChI=1S/C16H14O3/c17-15-8-6-13(7-9-16(18)19)14(11-15)10-12-4-2-1-3-5-12/h1-9,11,17H,10H2,(H,18,19). The molecule has 0 aliphatic heterocycles. The highest BCUT2D eigenvalue weighted by molar-refractivity contribution is 5.85. The smallest absolute Gasteiger partial charge is 0.328 e. The molecule has 0 aliphatic rings. The summed E-state index contributed by atoms with van der Waals surface area (Å²) in [5.74, 6) is -0.808. The topological polar surface area (TPSA) is 57.5 Å². The number of aromatic hydroxyl groups is 1. The van der Waals surface area contributed by atoms with E-state index in [2.05, 4.69) is 0 Å². The van der Waals surface area contributed by atoms with Gasteiger partial charge in [-0.3, -0.25) is 0 Å². The van der Waals surface area contributed by atoms with Crippen LogP contribution in [0.1, 0.15) is 16.7 Å². The van der Waals surface area contributed by atoms with Crippen molar-refractivity contribution in [2.45, 2.75) is 6.42 Å². The van der Waals surface area contributed by atoms with Crippen LogP contribution in [-0.4, -0.2) is 16.2 Å². The number of carboxylic acids is 1. The van der Waals surface area contributed by atoms with Crippen molar-refractivity contribution in [2.75, 3.05) is 0 Å². The summed E-state index contributed by atoms with van der Waals surface area (Å²) in [4.78, 5) is 10.6. The molecule has 2 aromatic rings. The van der Waals surface area contributed by atoms with Gasteiger partial charge in [-0.25, -0.2) is 4.79 Å². The molecule has 0 bridgehead atoms. The number of carbonyl (C=O) groups is 1. The number of carboxylic acid groups (broad SMARTS) is 1. The molecule has 2 aromatic carbocycles. The Bertz CT molecular complexity index is 601. The lowest BCUT2D eigenvalue weighted by Gasteiger charge is -2.07. The Morgan fingerprint density at radius 2 is 1.84 bits per heavy atom. The molecule has 0 amide bonds. The van der Waals surface area contributed by atoms with E-state index in [1.54, 1.807) is 24.3 Å². The van der Waals surface area contributed by atoms with Gasteiger partial charge in [0.1, 0.15) is 5.75 Å². The molecule has 0 aliphatic carbocycles. The minimum absolute atomic E-state index is 0.179. The van der Waals surface area contributed by atoms with Crippen LogP contribution in [0.25, 0.3) is 6.08 Å². The van der Waals surface area contributed by atoms with Crippen LogP contribution in [0.5, 0.6) is 5.75 Å². The van der Waals surface area contributed by atoms with Crippen molar-refractivity contribution in [1.29, 1.82) is 0 Å². The molecule has 0 atom stereocenters. The van der Waals surface area contributed by atoms with Crippen LogP contribution >= 0.6 is 0 Å². The van der Waals surface area contributed by atoms with Gasteiger partial charge in [0.25, 0.3) is 0 Å². The number of hydrogen-bond acceptors (Lipinski definition) is 2. The van der Waals surface area contributed by atoms with Gasteiger partial charge in [-0.1, -0.05) is 36.4 Å². The van der Waals surface area contributed by atoms with Crippen LogP contribution < -0.4 is 0 Å². The first-order valence-electron chi connectivity index (χ1n) is 5.92. The van der Waals surface area contributed by atoms with Crippen LogP contribution in [0.15, 0.2) is 54.6 Å². The van der Waals surface area contributed by atoms with Crippen LogP contribution in [0.3, 0.4) is 0 Å². The molecule has 0 saturated carbocycles. The van der Waals surface area contributed by atoms with Crippen LogP contribution in [0.4, 0.5) is 0 Å². The van der Waals surface area contributed by atoms with Gasteiger partial charge in [-0.05, 0) is 41.3 Å². The van der Waals surface area contributed by atoms with Gasteiger partial charge < -0.3 is 10.2 Å². The molecule has 0 saturated heterocycles. The normalized spacial score (nSPS) is 10.7. The first kappa shape index (κ1) is 12.9. The molecular weight excluding hydrogens is 240 g/mol. The molecule has 0 spiro atoms. The average molecular weight is 254 g/mol. The molecule has 2 N–H and O–H groups in total. The summed E-state index contributed by atoms with van der Waals surface area (Å²) in [7, 11) is 0. The Morgan fingerprint density at radius 1 is 1.11 bits per heavy atom. The van der Waals surface area contributed by atoms with Crippen molar-refractivity contribution in [3.63, 3.8) is 0 Å². The van der Waals surface area contributed by atoms with Crippen molar-refractivity contribution in [2.24, 2.45) is 0 Å². The van der Waals surface area contributed by atoms with E-state index >= 15 is 0 Å². The lowest BCUT2D eigenvalue weighted by atomic mass is 9.99. The second-order valence-electron chi connectivity index (χ2n) is 4.22. The summed E-state index contributed by atoms with van der Waals surface area (Å²) >= 11 is 0. The second kappa shape index (κ2) is 5.87. The van der Waals surface area contributed by atoms with E-state index in [4.69, 9.17) is 5.11 Å². The largest absolute Gasteiger partial charge is 0.508 e. The third-order valence-electron chi connectivity index (χ3n) is 2.77. The molecule has 0 heterocycles. The van der Waals surface area contributed by atoms with E-state index < -0.39 is 5.97 Å². The summed E-state index contributed by atoms with van der Waals surface area (Å²) in [5, 5.41) is 18.2. The molecular formula is C16H14O3. The Balaban J connectivity index is 2.32. The molecule has 3 heteroatoms. The summed E-state index contributed by atoms with van der Waals surface area (Å²) in [6.07, 6.45) is 3.29. The number of hydrogen-bond donors (Lipinski definition) is 2. The number of benzene rings is 2. The summed E-state index contributed by atoms with van der Waals surface area (Å²) in [6, 6.07) is 14.8. The first-order valence-corrected chi connectivity index (χ1v) is 5.92. The molecule has 3 nitrogen and oxygen atoms in total. The maximum absolute atomic E-state index is 10.6. The Kier molecular flexibility index (Phi) is 3.98. The quantitative estimate of drug-likeness (QED) is 0.824. The fourth-order valence-electron chi connectivity index (χ4n) is 1.88. The van der Waals surface area contributed by atoms with E-state index in [9.17, 15) is 9.90 Å². The highest BCUT2D eigenvalue weighted by Gasteiger charge is 2.03. The van der Waals surface area contributed by atoms with Crippen LogP contribution in [0.2, 0.25) is 0 Å². The lowest BCUT2D eigenvalue weighted by Crippen LogP contribution is -1.93. The molecule has 0 fully saturated rings. The number of phenols is 1. The van der Waals surface area contributed by atoms with Crippen molar-refractivity contribution in [3.8, 4) is 5.75 Å². The van der Waals surface area contributed by atoms with Gasteiger partial charge in [0.2, 0.25) is 0 Å². The van der Waals surface area contributed by atoms with Crippen molar-refractivity contribution in [1.82, 2.24) is 0 Å². The fourth-order valence-corrected chi connectivity index (χ4v) is 1.88. The fraction of sp³-hybridized carbons (Fsp3) is 0.0625. The second-order valence-corrected chi connectivity index (χ2v) is 4.22. The van der Waals surface area contributed by atoms with Gasteiger partial charge in [-0.2, -0.15) is 0 Å². The van der Waals surface area contributed by atoms with E-state index in [1.165, 1.54) is 0 Å². The van der Waals surface area contributed by atoms with Gasteiger partial charge in [0, 0.05) is 6.08 Å². The van der Waals surface area contributed by atoms with E-state index in [0.717, 1.165) is 22.8 Å².